The normalized spacial score (nSPS) is 12.4. The minimum Gasteiger partial charge on any atom is -0.469 e. The van der Waals surface area contributed by atoms with Crippen molar-refractivity contribution >= 4 is 17.7 Å². The topological polar surface area (TPSA) is 38.3 Å². The number of nitrogens with one attached hydrogen (secondary N) is 1. The van der Waals surface area contributed by atoms with Crippen molar-refractivity contribution in [2.24, 2.45) is 0 Å². The van der Waals surface area contributed by atoms with E-state index in [-0.39, 0.29) is 5.97 Å². The smallest absolute Gasteiger partial charge is 0.306 e. The van der Waals surface area contributed by atoms with Crippen LogP contribution in [0.15, 0.2) is 0 Å². The Morgan fingerprint density at radius 2 is 2.12 bits per heavy atom. The van der Waals surface area contributed by atoms with Crippen LogP contribution in [0.4, 0.5) is 0 Å². The minimum absolute atomic E-state index is 0.103. The lowest BCUT2D eigenvalue weighted by Gasteiger charge is -2.15. The Morgan fingerprint density at radius 1 is 1.35 bits per heavy atom. The van der Waals surface area contributed by atoms with E-state index in [2.05, 4.69) is 23.9 Å². The van der Waals surface area contributed by atoms with Gasteiger partial charge in [0.2, 0.25) is 0 Å². The Labute approximate surface area is 110 Å². The van der Waals surface area contributed by atoms with Crippen molar-refractivity contribution in [2.45, 2.75) is 52.0 Å². The van der Waals surface area contributed by atoms with Crippen molar-refractivity contribution in [3.8, 4) is 0 Å². The summed E-state index contributed by atoms with van der Waals surface area (Å²) in [4.78, 5) is 10.9. The highest BCUT2D eigenvalue weighted by Gasteiger charge is 2.04. The molecule has 0 bridgehead atoms. The van der Waals surface area contributed by atoms with Crippen molar-refractivity contribution in [1.82, 2.24) is 5.32 Å². The zero-order valence-electron chi connectivity index (χ0n) is 11.5. The van der Waals surface area contributed by atoms with Gasteiger partial charge in [0.1, 0.15) is 0 Å². The third kappa shape index (κ3) is 10.6. The van der Waals surface area contributed by atoms with Crippen LogP contribution in [0.1, 0.15) is 46.0 Å². The van der Waals surface area contributed by atoms with Crippen LogP contribution in [-0.2, 0) is 9.53 Å². The van der Waals surface area contributed by atoms with Gasteiger partial charge < -0.3 is 10.1 Å². The second-order valence-electron chi connectivity index (χ2n) is 4.14. The third-order valence-corrected chi connectivity index (χ3v) is 3.77. The van der Waals surface area contributed by atoms with Crippen LogP contribution in [0.5, 0.6) is 0 Å². The van der Waals surface area contributed by atoms with Crippen molar-refractivity contribution < 1.29 is 9.53 Å². The monoisotopic (exact) mass is 261 g/mol. The maximum Gasteiger partial charge on any atom is 0.306 e. The molecule has 102 valence electrons. The van der Waals surface area contributed by atoms with E-state index in [1.807, 2.05) is 11.8 Å². The molecule has 0 spiro atoms. The van der Waals surface area contributed by atoms with E-state index in [1.165, 1.54) is 32.8 Å². The molecule has 0 aromatic rings. The molecule has 0 aliphatic heterocycles. The number of carbonyl (C=O) groups is 1. The summed E-state index contributed by atoms with van der Waals surface area (Å²) in [5, 5.41) is 3.55. The first-order valence-corrected chi connectivity index (χ1v) is 7.78. The first kappa shape index (κ1) is 16.8. The summed E-state index contributed by atoms with van der Waals surface area (Å²) >= 11 is 1.84. The van der Waals surface area contributed by atoms with Crippen LogP contribution < -0.4 is 5.32 Å². The van der Waals surface area contributed by atoms with Crippen LogP contribution >= 0.6 is 11.8 Å². The summed E-state index contributed by atoms with van der Waals surface area (Å²) in [5.74, 6) is 1.92. The zero-order valence-corrected chi connectivity index (χ0v) is 12.3. The van der Waals surface area contributed by atoms with Crippen LogP contribution in [0.25, 0.3) is 0 Å². The molecule has 1 atom stereocenters. The maximum absolute atomic E-state index is 10.9. The number of thioether (sulfide) groups is 1. The second-order valence-corrected chi connectivity index (χ2v) is 5.36. The Kier molecular flexibility index (Phi) is 12.1. The minimum atomic E-state index is -0.103. The number of carbonyl (C=O) groups excluding carboxylic acids is 1. The molecule has 0 saturated carbocycles. The Morgan fingerprint density at radius 3 is 2.71 bits per heavy atom. The van der Waals surface area contributed by atoms with Gasteiger partial charge in [0.05, 0.1) is 13.5 Å². The summed E-state index contributed by atoms with van der Waals surface area (Å²) in [6, 6.07) is 0.663. The summed E-state index contributed by atoms with van der Waals surface area (Å²) in [6.45, 7) is 5.55. The average molecular weight is 261 g/mol. The largest absolute Gasteiger partial charge is 0.469 e. The highest BCUT2D eigenvalue weighted by Crippen LogP contribution is 2.09. The summed E-state index contributed by atoms with van der Waals surface area (Å²) in [6.07, 6.45) is 5.40. The van der Waals surface area contributed by atoms with E-state index in [1.54, 1.807) is 0 Å². The number of ether oxygens (including phenoxy) is 1. The van der Waals surface area contributed by atoms with Crippen molar-refractivity contribution in [3.05, 3.63) is 0 Å². The summed E-state index contributed by atoms with van der Waals surface area (Å²) < 4.78 is 4.59. The molecule has 0 heterocycles. The molecule has 17 heavy (non-hydrogen) atoms. The number of methoxy groups -OCH3 is 1. The molecule has 4 heteroatoms. The first-order valence-electron chi connectivity index (χ1n) is 6.62. The molecule has 0 amide bonds. The standard InChI is InChI=1S/C13H27NO2S/c1-4-9-14-12(5-2)7-6-10-17-11-8-13(15)16-3/h12,14H,4-11H2,1-3H3. The summed E-state index contributed by atoms with van der Waals surface area (Å²) in [7, 11) is 1.44. The molecule has 1 N–H and O–H groups in total. The molecule has 0 aromatic carbocycles. The summed E-state index contributed by atoms with van der Waals surface area (Å²) in [5.41, 5.74) is 0. The van der Waals surface area contributed by atoms with Gasteiger partial charge in [0, 0.05) is 11.8 Å². The fourth-order valence-electron chi connectivity index (χ4n) is 1.59. The van der Waals surface area contributed by atoms with Gasteiger partial charge in [-0.05, 0) is 38.0 Å². The lowest BCUT2D eigenvalue weighted by molar-refractivity contribution is -0.140. The van der Waals surface area contributed by atoms with Crippen LogP contribution in [-0.4, -0.2) is 37.2 Å². The number of hydrogen-bond donors (Lipinski definition) is 1. The predicted octanol–water partition coefficient (Wildman–Crippen LogP) is 2.84. The Hall–Kier alpha value is -0.220. The molecule has 0 aromatic heterocycles. The molecule has 0 aliphatic carbocycles. The van der Waals surface area contributed by atoms with E-state index < -0.39 is 0 Å². The number of hydrogen-bond acceptors (Lipinski definition) is 4. The van der Waals surface area contributed by atoms with Crippen molar-refractivity contribution in [3.63, 3.8) is 0 Å². The van der Waals surface area contributed by atoms with E-state index in [0.29, 0.717) is 12.5 Å². The van der Waals surface area contributed by atoms with Gasteiger partial charge in [-0.3, -0.25) is 4.79 Å². The van der Waals surface area contributed by atoms with Gasteiger partial charge >= 0.3 is 5.97 Å². The molecule has 0 saturated heterocycles. The molecule has 0 aliphatic rings. The fourth-order valence-corrected chi connectivity index (χ4v) is 2.48. The Bertz CT molecular complexity index is 188. The van der Waals surface area contributed by atoms with Gasteiger partial charge in [-0.2, -0.15) is 11.8 Å². The van der Waals surface area contributed by atoms with Crippen LogP contribution in [0.2, 0.25) is 0 Å². The van der Waals surface area contributed by atoms with Gasteiger partial charge in [-0.15, -0.1) is 0 Å². The molecule has 0 fully saturated rings. The number of rotatable bonds is 11. The second kappa shape index (κ2) is 12.2. The van der Waals surface area contributed by atoms with E-state index >= 15 is 0 Å². The molecule has 3 nitrogen and oxygen atoms in total. The molecule has 1 unspecified atom stereocenters. The van der Waals surface area contributed by atoms with E-state index in [4.69, 9.17) is 0 Å². The quantitative estimate of drug-likeness (QED) is 0.458. The van der Waals surface area contributed by atoms with Crippen LogP contribution in [0, 0.1) is 0 Å². The van der Waals surface area contributed by atoms with Crippen LogP contribution in [0.3, 0.4) is 0 Å². The predicted molar refractivity (Wildman–Crippen MR) is 75.6 cm³/mol. The number of esters is 1. The van der Waals surface area contributed by atoms with E-state index in [0.717, 1.165) is 18.1 Å². The molecular weight excluding hydrogens is 234 g/mol. The molecule has 0 radical (unpaired) electrons. The van der Waals surface area contributed by atoms with Gasteiger partial charge in [-0.25, -0.2) is 0 Å². The van der Waals surface area contributed by atoms with E-state index in [9.17, 15) is 4.79 Å². The van der Waals surface area contributed by atoms with Crippen molar-refractivity contribution in [1.29, 1.82) is 0 Å². The van der Waals surface area contributed by atoms with Gasteiger partial charge in [0.25, 0.3) is 0 Å². The zero-order chi connectivity index (χ0) is 12.9. The first-order chi connectivity index (χ1) is 8.24. The van der Waals surface area contributed by atoms with Crippen molar-refractivity contribution in [2.75, 3.05) is 25.2 Å². The fraction of sp³-hybridized carbons (Fsp3) is 0.923. The highest BCUT2D eigenvalue weighted by atomic mass is 32.2. The average Bonchev–Trinajstić information content (AvgIpc) is 2.36. The SMILES string of the molecule is CCCNC(CC)CCCSCCC(=O)OC. The lowest BCUT2D eigenvalue weighted by atomic mass is 10.1. The van der Waals surface area contributed by atoms with Gasteiger partial charge in [0.15, 0.2) is 0 Å². The Balaban J connectivity index is 3.33. The van der Waals surface area contributed by atoms with Gasteiger partial charge in [-0.1, -0.05) is 13.8 Å². The maximum atomic E-state index is 10.9. The molecular formula is C13H27NO2S. The molecule has 0 rings (SSSR count). The highest BCUT2D eigenvalue weighted by molar-refractivity contribution is 7.99. The third-order valence-electron chi connectivity index (χ3n) is 2.70. The lowest BCUT2D eigenvalue weighted by Crippen LogP contribution is -2.29.